The highest BCUT2D eigenvalue weighted by atomic mass is 16.3. The smallest absolute Gasteiger partial charge is 0.123 e. The number of allylic oxidation sites excluding steroid dienone is 2. The van der Waals surface area contributed by atoms with Crippen LogP contribution in [0, 0.1) is 18.8 Å². The van der Waals surface area contributed by atoms with E-state index in [9.17, 15) is 10.2 Å². The molecule has 2 rings (SSSR count). The largest absolute Gasteiger partial charge is 0.508 e. The Kier molecular flexibility index (Phi) is 3.88. The summed E-state index contributed by atoms with van der Waals surface area (Å²) in [5.74, 6) is 1.75. The van der Waals surface area contributed by atoms with Crippen LogP contribution >= 0.6 is 0 Å². The van der Waals surface area contributed by atoms with E-state index in [1.54, 1.807) is 6.07 Å². The van der Waals surface area contributed by atoms with E-state index in [0.29, 0.717) is 11.8 Å². The molecule has 104 valence electrons. The van der Waals surface area contributed by atoms with E-state index in [0.717, 1.165) is 17.5 Å². The zero-order valence-electron chi connectivity index (χ0n) is 12.3. The molecule has 1 aromatic rings. The lowest BCUT2D eigenvalue weighted by molar-refractivity contribution is 0.309. The van der Waals surface area contributed by atoms with Crippen molar-refractivity contribution in [2.45, 2.75) is 46.5 Å². The molecular weight excluding hydrogens is 236 g/mol. The molecule has 0 aromatic heterocycles. The molecule has 0 spiro atoms. The van der Waals surface area contributed by atoms with Crippen molar-refractivity contribution in [2.24, 2.45) is 11.8 Å². The quantitative estimate of drug-likeness (QED) is 0.768. The van der Waals surface area contributed by atoms with Crippen LogP contribution in [-0.4, -0.2) is 10.2 Å². The van der Waals surface area contributed by atoms with Crippen LogP contribution in [-0.2, 0) is 0 Å². The van der Waals surface area contributed by atoms with Crippen molar-refractivity contribution in [3.8, 4) is 11.5 Å². The van der Waals surface area contributed by atoms with E-state index in [2.05, 4.69) is 26.8 Å². The summed E-state index contributed by atoms with van der Waals surface area (Å²) in [6.07, 6.45) is 4.62. The summed E-state index contributed by atoms with van der Waals surface area (Å²) in [4.78, 5) is 0. The highest BCUT2D eigenvalue weighted by molar-refractivity contribution is 5.49. The molecule has 0 heterocycles. The van der Waals surface area contributed by atoms with E-state index < -0.39 is 0 Å². The van der Waals surface area contributed by atoms with Gasteiger partial charge in [-0.1, -0.05) is 25.5 Å². The Balaban J connectivity index is 2.51. The molecule has 1 unspecified atom stereocenters. The van der Waals surface area contributed by atoms with Crippen molar-refractivity contribution in [1.82, 2.24) is 0 Å². The van der Waals surface area contributed by atoms with Gasteiger partial charge < -0.3 is 10.2 Å². The lowest BCUT2D eigenvalue weighted by atomic mass is 9.71. The first-order chi connectivity index (χ1) is 8.90. The molecule has 2 N–H and O–H groups in total. The zero-order chi connectivity index (χ0) is 14.2. The Hall–Kier alpha value is -1.44. The van der Waals surface area contributed by atoms with Crippen LogP contribution in [0.25, 0.3) is 0 Å². The molecule has 0 fully saturated rings. The highest BCUT2D eigenvalue weighted by Crippen LogP contribution is 2.45. The summed E-state index contributed by atoms with van der Waals surface area (Å²) in [5, 5.41) is 19.8. The molecule has 19 heavy (non-hydrogen) atoms. The minimum atomic E-state index is 0.136. The van der Waals surface area contributed by atoms with E-state index in [4.69, 9.17) is 0 Å². The molecule has 0 amide bonds. The Morgan fingerprint density at radius 1 is 1.16 bits per heavy atom. The predicted molar refractivity (Wildman–Crippen MR) is 78.6 cm³/mol. The van der Waals surface area contributed by atoms with Gasteiger partial charge in [0, 0.05) is 17.5 Å². The lowest BCUT2D eigenvalue weighted by Gasteiger charge is -2.34. The number of aryl methyl sites for hydroxylation is 1. The second-order valence-corrected chi connectivity index (χ2v) is 6.18. The van der Waals surface area contributed by atoms with E-state index in [1.807, 2.05) is 6.92 Å². The van der Waals surface area contributed by atoms with E-state index in [1.165, 1.54) is 18.1 Å². The number of benzene rings is 1. The van der Waals surface area contributed by atoms with Gasteiger partial charge in [-0.3, -0.25) is 0 Å². The van der Waals surface area contributed by atoms with Gasteiger partial charge in [0.25, 0.3) is 0 Å². The van der Waals surface area contributed by atoms with Gasteiger partial charge in [-0.2, -0.15) is 0 Å². The minimum absolute atomic E-state index is 0.136. The van der Waals surface area contributed by atoms with Crippen LogP contribution in [0.3, 0.4) is 0 Å². The number of phenols is 2. The van der Waals surface area contributed by atoms with Gasteiger partial charge in [0.05, 0.1) is 0 Å². The van der Waals surface area contributed by atoms with Crippen LogP contribution in [0.5, 0.6) is 11.5 Å². The summed E-state index contributed by atoms with van der Waals surface area (Å²) < 4.78 is 0. The fourth-order valence-electron chi connectivity index (χ4n) is 3.33. The van der Waals surface area contributed by atoms with Gasteiger partial charge in [0.2, 0.25) is 0 Å². The van der Waals surface area contributed by atoms with Crippen LogP contribution in [0.15, 0.2) is 23.8 Å². The Morgan fingerprint density at radius 3 is 2.42 bits per heavy atom. The number of hydrogen-bond acceptors (Lipinski definition) is 2. The van der Waals surface area contributed by atoms with Gasteiger partial charge >= 0.3 is 0 Å². The standard InChI is InChI=1S/C17H24O2/c1-10(2)14-6-5-11(3)7-15(14)17-12(4)8-13(18)9-16(17)19/h7-10,14-15,18-19H,5-6H2,1-4H3/t14?,15-/m1/s1. The fourth-order valence-corrected chi connectivity index (χ4v) is 3.33. The molecule has 2 heteroatoms. The lowest BCUT2D eigenvalue weighted by Crippen LogP contribution is -2.21. The zero-order valence-corrected chi connectivity index (χ0v) is 12.3. The summed E-state index contributed by atoms with van der Waals surface area (Å²) in [5.41, 5.74) is 3.35. The monoisotopic (exact) mass is 260 g/mol. The van der Waals surface area contributed by atoms with Crippen molar-refractivity contribution in [3.05, 3.63) is 34.9 Å². The van der Waals surface area contributed by atoms with E-state index in [-0.39, 0.29) is 17.4 Å². The van der Waals surface area contributed by atoms with Crippen molar-refractivity contribution in [1.29, 1.82) is 0 Å². The number of phenolic OH excluding ortho intramolecular Hbond substituents is 2. The maximum Gasteiger partial charge on any atom is 0.123 e. The minimum Gasteiger partial charge on any atom is -0.508 e. The molecule has 0 saturated heterocycles. The highest BCUT2D eigenvalue weighted by Gasteiger charge is 2.30. The first kappa shape index (κ1) is 14.0. The van der Waals surface area contributed by atoms with Crippen LogP contribution in [0.4, 0.5) is 0 Å². The number of hydrogen-bond donors (Lipinski definition) is 2. The average Bonchev–Trinajstić information content (AvgIpc) is 2.27. The predicted octanol–water partition coefficient (Wildman–Crippen LogP) is 4.50. The number of aromatic hydroxyl groups is 2. The van der Waals surface area contributed by atoms with E-state index >= 15 is 0 Å². The summed E-state index contributed by atoms with van der Waals surface area (Å²) in [6.45, 7) is 8.62. The van der Waals surface area contributed by atoms with Gasteiger partial charge in [0.15, 0.2) is 0 Å². The third kappa shape index (κ3) is 2.78. The topological polar surface area (TPSA) is 40.5 Å². The van der Waals surface area contributed by atoms with Crippen molar-refractivity contribution >= 4 is 0 Å². The first-order valence-electron chi connectivity index (χ1n) is 7.10. The first-order valence-corrected chi connectivity index (χ1v) is 7.10. The van der Waals surface area contributed by atoms with Crippen molar-refractivity contribution < 1.29 is 10.2 Å². The molecule has 0 saturated carbocycles. The van der Waals surface area contributed by atoms with Crippen LogP contribution in [0.2, 0.25) is 0 Å². The average molecular weight is 260 g/mol. The maximum atomic E-state index is 10.2. The second kappa shape index (κ2) is 5.28. The Morgan fingerprint density at radius 2 is 1.84 bits per heavy atom. The van der Waals surface area contributed by atoms with Crippen LogP contribution in [0.1, 0.15) is 50.7 Å². The molecule has 1 aliphatic rings. The summed E-state index contributed by atoms with van der Waals surface area (Å²) in [6, 6.07) is 3.20. The summed E-state index contributed by atoms with van der Waals surface area (Å²) >= 11 is 0. The molecule has 1 aromatic carbocycles. The molecular formula is C17H24O2. The summed E-state index contributed by atoms with van der Waals surface area (Å²) in [7, 11) is 0. The van der Waals surface area contributed by atoms with Crippen molar-refractivity contribution in [2.75, 3.05) is 0 Å². The molecule has 0 aliphatic heterocycles. The maximum absolute atomic E-state index is 10.2. The molecule has 0 bridgehead atoms. The SMILES string of the molecule is CC1=C[C@@H](c2c(C)cc(O)cc2O)C(C(C)C)CC1. The molecule has 0 radical (unpaired) electrons. The third-order valence-corrected chi connectivity index (χ3v) is 4.34. The number of rotatable bonds is 2. The van der Waals surface area contributed by atoms with Gasteiger partial charge in [-0.15, -0.1) is 0 Å². The second-order valence-electron chi connectivity index (χ2n) is 6.18. The molecule has 2 atom stereocenters. The van der Waals surface area contributed by atoms with Gasteiger partial charge in [-0.25, -0.2) is 0 Å². The third-order valence-electron chi connectivity index (χ3n) is 4.34. The molecule has 2 nitrogen and oxygen atoms in total. The normalized spacial score (nSPS) is 23.5. The van der Waals surface area contributed by atoms with Gasteiger partial charge in [-0.05, 0) is 50.2 Å². The Labute approximate surface area is 115 Å². The molecule has 1 aliphatic carbocycles. The Bertz CT molecular complexity index is 477. The van der Waals surface area contributed by atoms with Crippen LogP contribution < -0.4 is 0 Å². The van der Waals surface area contributed by atoms with Crippen molar-refractivity contribution in [3.63, 3.8) is 0 Å². The van der Waals surface area contributed by atoms with Gasteiger partial charge in [0.1, 0.15) is 11.5 Å². The fraction of sp³-hybridized carbons (Fsp3) is 0.529.